The number of nitrogens with zero attached hydrogens (tertiary/aromatic N) is 1. The topological polar surface area (TPSA) is 36.2 Å². The van der Waals surface area contributed by atoms with Crippen LogP contribution in [0.5, 0.6) is 5.75 Å². The van der Waals surface area contributed by atoms with Crippen LogP contribution in [-0.2, 0) is 0 Å². The molecule has 0 aliphatic heterocycles. The van der Waals surface area contributed by atoms with E-state index < -0.39 is 0 Å². The number of pyridine rings is 1. The molecular weight excluding hydrogens is 270 g/mol. The summed E-state index contributed by atoms with van der Waals surface area (Å²) in [6, 6.07) is 11.7. The Morgan fingerprint density at radius 2 is 1.90 bits per heavy atom. The van der Waals surface area contributed by atoms with Crippen molar-refractivity contribution in [1.82, 2.24) is 0 Å². The van der Waals surface area contributed by atoms with Gasteiger partial charge in [-0.15, -0.1) is 0 Å². The molecule has 1 heterocycles. The third-order valence-corrected chi connectivity index (χ3v) is 3.90. The van der Waals surface area contributed by atoms with Gasteiger partial charge in [-0.3, -0.25) is 0 Å². The molecule has 1 aromatic heterocycles. The fourth-order valence-corrected chi connectivity index (χ4v) is 2.80. The van der Waals surface area contributed by atoms with E-state index in [-0.39, 0.29) is 0 Å². The van der Waals surface area contributed by atoms with Crippen LogP contribution in [0.4, 0.5) is 0 Å². The van der Waals surface area contributed by atoms with Crippen LogP contribution in [-0.4, -0.2) is 12.4 Å². The average molecular weight is 289 g/mol. The van der Waals surface area contributed by atoms with Crippen LogP contribution in [0.25, 0.3) is 0 Å². The first-order valence-electron chi connectivity index (χ1n) is 6.67. The number of hydrogen-bond donors (Lipinski definition) is 0. The Labute approximate surface area is 124 Å². The molecule has 0 saturated heterocycles. The zero-order valence-electron chi connectivity index (χ0n) is 11.8. The van der Waals surface area contributed by atoms with Gasteiger partial charge in [0.15, 0.2) is 6.20 Å². The Hall–Kier alpha value is -1.68. The van der Waals surface area contributed by atoms with Gasteiger partial charge in [-0.05, 0) is 49.6 Å². The Bertz CT molecular complexity index is 552. The van der Waals surface area contributed by atoms with E-state index in [0.29, 0.717) is 6.61 Å². The van der Waals surface area contributed by atoms with Gasteiger partial charge in [0.25, 0.3) is 5.03 Å². The lowest BCUT2D eigenvalue weighted by Gasteiger charge is -2.08. The molecule has 2 rings (SSSR count). The molecular formula is C16H19NO2S. The molecule has 0 fully saturated rings. The van der Waals surface area contributed by atoms with Crippen molar-refractivity contribution >= 4 is 11.8 Å². The van der Waals surface area contributed by atoms with Crippen LogP contribution in [0.3, 0.4) is 0 Å². The van der Waals surface area contributed by atoms with Gasteiger partial charge in [0, 0.05) is 17.9 Å². The van der Waals surface area contributed by atoms with E-state index in [0.717, 1.165) is 27.7 Å². The number of benzene rings is 1. The summed E-state index contributed by atoms with van der Waals surface area (Å²) < 4.78 is 6.64. The first-order chi connectivity index (χ1) is 9.65. The minimum Gasteiger partial charge on any atom is -0.618 e. The molecule has 0 unspecified atom stereocenters. The Kier molecular flexibility index (Phi) is 5.30. The molecule has 1 aromatic carbocycles. The van der Waals surface area contributed by atoms with Gasteiger partial charge in [0.05, 0.1) is 6.61 Å². The maximum absolute atomic E-state index is 11.4. The van der Waals surface area contributed by atoms with E-state index in [1.807, 2.05) is 24.3 Å². The molecule has 4 heteroatoms. The van der Waals surface area contributed by atoms with Crippen LogP contribution >= 0.6 is 11.8 Å². The fraction of sp³-hybridized carbons (Fsp3) is 0.312. The molecule has 2 aromatic rings. The first-order valence-corrected chi connectivity index (χ1v) is 7.66. The highest BCUT2D eigenvalue weighted by atomic mass is 32.2. The van der Waals surface area contributed by atoms with Crippen molar-refractivity contribution in [3.05, 3.63) is 58.9 Å². The number of hydrogen-bond acceptors (Lipinski definition) is 3. The van der Waals surface area contributed by atoms with E-state index in [1.54, 1.807) is 17.8 Å². The maximum atomic E-state index is 11.4. The summed E-state index contributed by atoms with van der Waals surface area (Å²) in [4.78, 5) is 0. The molecule has 0 N–H and O–H groups in total. The zero-order valence-corrected chi connectivity index (χ0v) is 12.7. The maximum Gasteiger partial charge on any atom is 0.251 e. The molecule has 0 amide bonds. The van der Waals surface area contributed by atoms with E-state index in [9.17, 15) is 5.21 Å². The molecule has 106 valence electrons. The molecule has 0 aliphatic carbocycles. The minimum absolute atomic E-state index is 0.668. The predicted octanol–water partition coefficient (Wildman–Crippen LogP) is 3.50. The second-order valence-electron chi connectivity index (χ2n) is 4.74. The highest BCUT2D eigenvalue weighted by molar-refractivity contribution is 7.99. The van der Waals surface area contributed by atoms with Crippen LogP contribution in [0, 0.1) is 19.1 Å². The molecule has 0 atom stereocenters. The van der Waals surface area contributed by atoms with Crippen LogP contribution in [0.1, 0.15) is 17.5 Å². The minimum atomic E-state index is 0.668. The molecule has 0 saturated carbocycles. The lowest BCUT2D eigenvalue weighted by Crippen LogP contribution is -2.27. The van der Waals surface area contributed by atoms with Crippen molar-refractivity contribution in [2.45, 2.75) is 25.3 Å². The van der Waals surface area contributed by atoms with Crippen LogP contribution in [0.15, 0.2) is 47.6 Å². The number of thioether (sulfide) groups is 1. The second-order valence-corrected chi connectivity index (χ2v) is 5.85. The van der Waals surface area contributed by atoms with E-state index >= 15 is 0 Å². The molecule has 3 nitrogen and oxygen atoms in total. The Morgan fingerprint density at radius 1 is 1.15 bits per heavy atom. The van der Waals surface area contributed by atoms with Gasteiger partial charge in [-0.1, -0.05) is 17.8 Å². The van der Waals surface area contributed by atoms with Crippen LogP contribution < -0.4 is 9.47 Å². The monoisotopic (exact) mass is 289 g/mol. The SMILES string of the molecule is Cc1cc(C)cc(OCCCSc2cccc[n+]2[O-])c1. The van der Waals surface area contributed by atoms with Gasteiger partial charge in [-0.25, -0.2) is 0 Å². The summed E-state index contributed by atoms with van der Waals surface area (Å²) in [5, 5.41) is 12.2. The Morgan fingerprint density at radius 3 is 2.60 bits per heavy atom. The van der Waals surface area contributed by atoms with Gasteiger partial charge in [-0.2, -0.15) is 4.73 Å². The zero-order chi connectivity index (χ0) is 14.4. The van der Waals surface area contributed by atoms with Crippen molar-refractivity contribution in [2.75, 3.05) is 12.4 Å². The summed E-state index contributed by atoms with van der Waals surface area (Å²) in [6.45, 7) is 4.80. The number of aromatic nitrogens is 1. The van der Waals surface area contributed by atoms with Crippen LogP contribution in [0.2, 0.25) is 0 Å². The summed E-state index contributed by atoms with van der Waals surface area (Å²) in [5.41, 5.74) is 2.43. The van der Waals surface area contributed by atoms with Crippen molar-refractivity contribution in [2.24, 2.45) is 0 Å². The largest absolute Gasteiger partial charge is 0.618 e. The third kappa shape index (κ3) is 4.46. The fourth-order valence-electron chi connectivity index (χ4n) is 1.97. The molecule has 0 aliphatic rings. The number of rotatable bonds is 6. The van der Waals surface area contributed by atoms with E-state index in [2.05, 4.69) is 19.9 Å². The standard InChI is InChI=1S/C16H19NO2S/c1-13-10-14(2)12-15(11-13)19-8-5-9-20-16-6-3-4-7-17(16)18/h3-4,6-7,10-12H,5,8-9H2,1-2H3. The van der Waals surface area contributed by atoms with Gasteiger partial charge < -0.3 is 9.94 Å². The highest BCUT2D eigenvalue weighted by Crippen LogP contribution is 2.17. The summed E-state index contributed by atoms with van der Waals surface area (Å²) in [6.07, 6.45) is 2.43. The average Bonchev–Trinajstić information content (AvgIpc) is 2.39. The number of aryl methyl sites for hydroxylation is 2. The van der Waals surface area contributed by atoms with Gasteiger partial charge in [0.1, 0.15) is 5.75 Å². The first kappa shape index (κ1) is 14.7. The number of ether oxygens (including phenoxy) is 1. The Balaban J connectivity index is 1.73. The predicted molar refractivity (Wildman–Crippen MR) is 82.2 cm³/mol. The molecule has 0 bridgehead atoms. The van der Waals surface area contributed by atoms with Crippen molar-refractivity contribution in [3.63, 3.8) is 0 Å². The summed E-state index contributed by atoms with van der Waals surface area (Å²) in [7, 11) is 0. The van der Waals surface area contributed by atoms with Gasteiger partial charge in [0.2, 0.25) is 0 Å². The second kappa shape index (κ2) is 7.20. The van der Waals surface area contributed by atoms with Crippen molar-refractivity contribution < 1.29 is 9.47 Å². The third-order valence-electron chi connectivity index (χ3n) is 2.79. The summed E-state index contributed by atoms with van der Waals surface area (Å²) in [5.74, 6) is 1.79. The highest BCUT2D eigenvalue weighted by Gasteiger charge is 2.03. The van der Waals surface area contributed by atoms with Crippen molar-refractivity contribution in [3.8, 4) is 5.75 Å². The molecule has 0 spiro atoms. The lowest BCUT2D eigenvalue weighted by molar-refractivity contribution is -0.645. The van der Waals surface area contributed by atoms with E-state index in [1.165, 1.54) is 17.3 Å². The smallest absolute Gasteiger partial charge is 0.251 e. The normalized spacial score (nSPS) is 10.5. The van der Waals surface area contributed by atoms with Crippen molar-refractivity contribution in [1.29, 1.82) is 0 Å². The van der Waals surface area contributed by atoms with Gasteiger partial charge >= 0.3 is 0 Å². The summed E-state index contributed by atoms with van der Waals surface area (Å²) >= 11 is 1.56. The van der Waals surface area contributed by atoms with E-state index in [4.69, 9.17) is 4.74 Å². The molecule has 20 heavy (non-hydrogen) atoms. The lowest BCUT2D eigenvalue weighted by atomic mass is 10.1. The quantitative estimate of drug-likeness (QED) is 0.353. The molecule has 0 radical (unpaired) electrons.